The van der Waals surface area contributed by atoms with Gasteiger partial charge < -0.3 is 9.47 Å². The number of ether oxygens (including phenoxy) is 2. The molecule has 8 nitrogen and oxygen atoms in total. The van der Waals surface area contributed by atoms with E-state index in [1.165, 1.54) is 11.3 Å². The van der Waals surface area contributed by atoms with Crippen LogP contribution in [0.4, 0.5) is 0 Å². The van der Waals surface area contributed by atoms with Crippen LogP contribution in [0.25, 0.3) is 16.9 Å². The highest BCUT2D eigenvalue weighted by atomic mass is 16.5. The first-order chi connectivity index (χ1) is 17.4. The summed E-state index contributed by atoms with van der Waals surface area (Å²) in [4.78, 5) is 14.3. The highest BCUT2D eigenvalue weighted by molar-refractivity contribution is 5.65. The average molecular weight is 491 g/mol. The number of piperazine rings is 1. The van der Waals surface area contributed by atoms with Gasteiger partial charge in [-0.2, -0.15) is 5.10 Å². The van der Waals surface area contributed by atoms with E-state index >= 15 is 0 Å². The normalized spacial score (nSPS) is 22.2. The lowest BCUT2D eigenvalue weighted by Crippen LogP contribution is -2.55. The number of pyridine rings is 2. The van der Waals surface area contributed by atoms with E-state index in [2.05, 4.69) is 60.8 Å². The Morgan fingerprint density at radius 2 is 1.83 bits per heavy atom. The van der Waals surface area contributed by atoms with Gasteiger partial charge in [-0.15, -0.1) is 0 Å². The van der Waals surface area contributed by atoms with Crippen molar-refractivity contribution in [1.82, 2.24) is 29.5 Å². The molecule has 0 amide bonds. The van der Waals surface area contributed by atoms with E-state index in [9.17, 15) is 0 Å². The highest BCUT2D eigenvalue weighted by Crippen LogP contribution is 2.32. The second-order valence-electron chi connectivity index (χ2n) is 10.3. The van der Waals surface area contributed by atoms with Gasteiger partial charge in [-0.05, 0) is 59.4 Å². The largest absolute Gasteiger partial charge is 0.481 e. The molecule has 5 heterocycles. The molecular weight excluding hydrogens is 452 g/mol. The fraction of sp³-hybridized carbons (Fsp3) is 0.536. The molecule has 36 heavy (non-hydrogen) atoms. The summed E-state index contributed by atoms with van der Waals surface area (Å²) in [6.07, 6.45) is 5.43. The van der Waals surface area contributed by atoms with Crippen molar-refractivity contribution in [3.63, 3.8) is 0 Å². The molecule has 0 aromatic carbocycles. The van der Waals surface area contributed by atoms with Crippen molar-refractivity contribution in [3.05, 3.63) is 53.1 Å². The number of methoxy groups -OCH3 is 1. The molecule has 1 saturated heterocycles. The van der Waals surface area contributed by atoms with Gasteiger partial charge in [0.15, 0.2) is 0 Å². The number of aryl methyl sites for hydroxylation is 1. The van der Waals surface area contributed by atoms with Gasteiger partial charge in [0.2, 0.25) is 5.88 Å². The van der Waals surface area contributed by atoms with E-state index in [0.717, 1.165) is 54.1 Å². The van der Waals surface area contributed by atoms with Crippen LogP contribution >= 0.6 is 0 Å². The molecule has 3 aromatic heterocycles. The van der Waals surface area contributed by atoms with E-state index in [0.29, 0.717) is 31.2 Å². The molecule has 0 N–H and O–H groups in total. The summed E-state index contributed by atoms with van der Waals surface area (Å²) >= 11 is 0. The molecule has 0 spiro atoms. The summed E-state index contributed by atoms with van der Waals surface area (Å²) in [6.45, 7) is 12.4. The molecular formula is C28H38N6O2. The third-order valence-corrected chi connectivity index (χ3v) is 7.94. The van der Waals surface area contributed by atoms with E-state index in [1.807, 2.05) is 24.0 Å². The minimum atomic E-state index is 0.237. The summed E-state index contributed by atoms with van der Waals surface area (Å²) in [7, 11) is 3.87. The van der Waals surface area contributed by atoms with Crippen LogP contribution in [0.15, 0.2) is 30.6 Å². The first-order valence-electron chi connectivity index (χ1n) is 13.0. The molecule has 5 rings (SSSR count). The molecule has 0 saturated carbocycles. The predicted octanol–water partition coefficient (Wildman–Crippen LogP) is 3.85. The second-order valence-corrected chi connectivity index (χ2v) is 10.3. The lowest BCUT2D eigenvalue weighted by Gasteiger charge is -2.44. The third-order valence-electron chi connectivity index (χ3n) is 7.94. The molecule has 0 aliphatic carbocycles. The molecule has 2 aliphatic heterocycles. The van der Waals surface area contributed by atoms with Gasteiger partial charge in [0.1, 0.15) is 0 Å². The number of nitrogens with zero attached hydrogens (tertiary/aromatic N) is 6. The van der Waals surface area contributed by atoms with E-state index in [-0.39, 0.29) is 6.04 Å². The molecule has 3 aromatic rings. The van der Waals surface area contributed by atoms with Crippen LogP contribution in [-0.4, -0.2) is 82.1 Å². The Balaban J connectivity index is 1.52. The molecule has 192 valence electrons. The van der Waals surface area contributed by atoms with Crippen LogP contribution in [0.1, 0.15) is 49.3 Å². The van der Waals surface area contributed by atoms with Gasteiger partial charge in [-0.25, -0.2) is 9.67 Å². The lowest BCUT2D eigenvalue weighted by atomic mass is 10.0. The number of likely N-dealkylation sites (N-methyl/N-ethyl adjacent to an activating group) is 1. The number of aromatic nitrogens is 4. The molecule has 8 heteroatoms. The van der Waals surface area contributed by atoms with Crippen molar-refractivity contribution in [3.8, 4) is 22.8 Å². The third kappa shape index (κ3) is 4.65. The van der Waals surface area contributed by atoms with E-state index < -0.39 is 0 Å². The molecule has 0 bridgehead atoms. The Kier molecular flexibility index (Phi) is 7.10. The Hall–Kier alpha value is -2.81. The minimum absolute atomic E-state index is 0.237. The Morgan fingerprint density at radius 1 is 1.08 bits per heavy atom. The van der Waals surface area contributed by atoms with Crippen LogP contribution in [0.3, 0.4) is 0 Å². The Labute approximate surface area is 214 Å². The number of fused-ring (bicyclic) bond motifs is 1. The standard InChI is InChI=1S/C28H38N6O2/c1-18-13-23(15-30-28(18)35-6)34-26-9-12-36-11-8-24(26)27(31-34)22-7-10-29-25(14-22)21(4)33-16-19(2)32(5)20(3)17-33/h7,10,13-15,19-21H,8-9,11-12,16-17H2,1-6H3/t19-,20+,21-/m0/s1. The molecule has 0 radical (unpaired) electrons. The zero-order valence-corrected chi connectivity index (χ0v) is 22.4. The number of rotatable bonds is 5. The number of hydrogen-bond acceptors (Lipinski definition) is 7. The van der Waals surface area contributed by atoms with Gasteiger partial charge in [-0.1, -0.05) is 0 Å². The maximum atomic E-state index is 5.85. The van der Waals surface area contributed by atoms with E-state index in [4.69, 9.17) is 19.6 Å². The van der Waals surface area contributed by atoms with Crippen molar-refractivity contribution in [2.24, 2.45) is 0 Å². The Bertz CT molecular complexity index is 1210. The topological polar surface area (TPSA) is 68.5 Å². The van der Waals surface area contributed by atoms with Gasteiger partial charge >= 0.3 is 0 Å². The molecule has 0 unspecified atom stereocenters. The van der Waals surface area contributed by atoms with Crippen LogP contribution in [0.2, 0.25) is 0 Å². The van der Waals surface area contributed by atoms with Crippen LogP contribution in [-0.2, 0) is 17.6 Å². The summed E-state index contributed by atoms with van der Waals surface area (Å²) in [5.74, 6) is 0.640. The number of hydrogen-bond donors (Lipinski definition) is 0. The Morgan fingerprint density at radius 3 is 2.56 bits per heavy atom. The van der Waals surface area contributed by atoms with Crippen molar-refractivity contribution in [2.45, 2.75) is 58.7 Å². The molecule has 2 aliphatic rings. The van der Waals surface area contributed by atoms with Crippen LogP contribution in [0.5, 0.6) is 5.88 Å². The van der Waals surface area contributed by atoms with Gasteiger partial charge in [0.05, 0.1) is 49.3 Å². The maximum absolute atomic E-state index is 5.85. The van der Waals surface area contributed by atoms with Crippen LogP contribution < -0.4 is 4.74 Å². The van der Waals surface area contributed by atoms with Crippen molar-refractivity contribution < 1.29 is 9.47 Å². The summed E-state index contributed by atoms with van der Waals surface area (Å²) < 4.78 is 13.3. The molecule has 1 fully saturated rings. The highest BCUT2D eigenvalue weighted by Gasteiger charge is 2.30. The maximum Gasteiger partial charge on any atom is 0.216 e. The van der Waals surface area contributed by atoms with Gasteiger partial charge in [-0.3, -0.25) is 14.8 Å². The monoisotopic (exact) mass is 490 g/mol. The van der Waals surface area contributed by atoms with Gasteiger partial charge in [0.25, 0.3) is 0 Å². The summed E-state index contributed by atoms with van der Waals surface area (Å²) in [5, 5.41) is 5.15. The molecule has 3 atom stereocenters. The summed E-state index contributed by atoms with van der Waals surface area (Å²) in [6, 6.07) is 7.68. The lowest BCUT2D eigenvalue weighted by molar-refractivity contribution is 0.0367. The van der Waals surface area contributed by atoms with Crippen LogP contribution in [0, 0.1) is 6.92 Å². The average Bonchev–Trinajstić information content (AvgIpc) is 3.07. The van der Waals surface area contributed by atoms with Crippen molar-refractivity contribution in [2.75, 3.05) is 40.5 Å². The first kappa shape index (κ1) is 24.9. The first-order valence-corrected chi connectivity index (χ1v) is 13.0. The second kappa shape index (κ2) is 10.3. The smallest absolute Gasteiger partial charge is 0.216 e. The zero-order valence-electron chi connectivity index (χ0n) is 22.4. The SMILES string of the molecule is COc1ncc(-n2nc(-c3ccnc([C@H](C)N4C[C@@H](C)N(C)[C@@H](C)C4)c3)c3c2CCOCC3)cc1C. The summed E-state index contributed by atoms with van der Waals surface area (Å²) in [5.41, 5.74) is 7.60. The predicted molar refractivity (Wildman–Crippen MR) is 141 cm³/mol. The fourth-order valence-electron chi connectivity index (χ4n) is 5.55. The minimum Gasteiger partial charge on any atom is -0.481 e. The van der Waals surface area contributed by atoms with Crippen molar-refractivity contribution >= 4 is 0 Å². The quantitative estimate of drug-likeness (QED) is 0.538. The fourth-order valence-corrected chi connectivity index (χ4v) is 5.55. The van der Waals surface area contributed by atoms with Crippen molar-refractivity contribution in [1.29, 1.82) is 0 Å². The van der Waals surface area contributed by atoms with E-state index in [1.54, 1.807) is 7.11 Å². The van der Waals surface area contributed by atoms with Gasteiger partial charge in [0, 0.05) is 60.5 Å². The zero-order chi connectivity index (χ0) is 25.4.